The zero-order chi connectivity index (χ0) is 14.1. The van der Waals surface area contributed by atoms with E-state index in [9.17, 15) is 0 Å². The number of hydrogen-bond donors (Lipinski definition) is 1. The van der Waals surface area contributed by atoms with Gasteiger partial charge in [-0.3, -0.25) is 4.68 Å². The molecular formula is C14H21N5O. The van der Waals surface area contributed by atoms with Gasteiger partial charge in [0.1, 0.15) is 5.69 Å². The van der Waals surface area contributed by atoms with Gasteiger partial charge in [-0.25, -0.2) is 0 Å². The Morgan fingerprint density at radius 3 is 2.70 bits per heavy atom. The van der Waals surface area contributed by atoms with Crippen molar-refractivity contribution >= 4 is 5.69 Å². The molecule has 108 valence electrons. The maximum Gasteiger partial charge on any atom is 0.268 e. The molecule has 20 heavy (non-hydrogen) atoms. The molecule has 0 aliphatic heterocycles. The predicted molar refractivity (Wildman–Crippen MR) is 76.2 cm³/mol. The molecule has 0 unspecified atom stereocenters. The molecule has 3 rings (SSSR count). The summed E-state index contributed by atoms with van der Waals surface area (Å²) < 4.78 is 7.71. The van der Waals surface area contributed by atoms with E-state index < -0.39 is 0 Å². The van der Waals surface area contributed by atoms with Crippen molar-refractivity contribution in [1.82, 2.24) is 20.0 Å². The van der Waals surface area contributed by atoms with Gasteiger partial charge >= 0.3 is 0 Å². The fourth-order valence-corrected chi connectivity index (χ4v) is 2.89. The lowest BCUT2D eigenvalue weighted by Gasteiger charge is -2.17. The first kappa shape index (κ1) is 13.1. The molecule has 0 atom stereocenters. The Balaban J connectivity index is 1.93. The largest absolute Gasteiger partial charge is 0.419 e. The third kappa shape index (κ3) is 2.19. The molecule has 1 saturated carbocycles. The molecule has 6 nitrogen and oxygen atoms in total. The van der Waals surface area contributed by atoms with Crippen molar-refractivity contribution in [2.75, 3.05) is 5.73 Å². The van der Waals surface area contributed by atoms with Crippen molar-refractivity contribution in [2.24, 2.45) is 0 Å². The predicted octanol–water partition coefficient (Wildman–Crippen LogP) is 2.89. The van der Waals surface area contributed by atoms with Gasteiger partial charge in [0, 0.05) is 12.5 Å². The second-order valence-corrected chi connectivity index (χ2v) is 5.44. The maximum absolute atomic E-state index is 6.09. The van der Waals surface area contributed by atoms with Crippen molar-refractivity contribution in [3.05, 3.63) is 11.6 Å². The van der Waals surface area contributed by atoms with Crippen molar-refractivity contribution in [3.8, 4) is 11.6 Å². The lowest BCUT2D eigenvalue weighted by molar-refractivity contribution is 0.366. The molecule has 2 aromatic heterocycles. The van der Waals surface area contributed by atoms with Crippen LogP contribution in [-0.2, 0) is 6.54 Å². The lowest BCUT2D eigenvalue weighted by atomic mass is 9.89. The Labute approximate surface area is 118 Å². The van der Waals surface area contributed by atoms with Crippen LogP contribution in [0.15, 0.2) is 4.42 Å². The molecule has 0 bridgehead atoms. The van der Waals surface area contributed by atoms with E-state index in [1.807, 2.05) is 18.5 Å². The zero-order valence-corrected chi connectivity index (χ0v) is 12.1. The number of nitrogens with zero attached hydrogens (tertiary/aromatic N) is 4. The summed E-state index contributed by atoms with van der Waals surface area (Å²) in [6.07, 6.45) is 6.09. The molecule has 0 amide bonds. The first-order valence-corrected chi connectivity index (χ1v) is 7.37. The molecule has 1 aliphatic carbocycles. The smallest absolute Gasteiger partial charge is 0.268 e. The Morgan fingerprint density at radius 1 is 1.25 bits per heavy atom. The van der Waals surface area contributed by atoms with Crippen LogP contribution in [0.2, 0.25) is 0 Å². The average molecular weight is 275 g/mol. The number of anilines is 1. The Hall–Kier alpha value is -1.85. The minimum atomic E-state index is 0.408. The number of aryl methyl sites for hydroxylation is 2. The van der Waals surface area contributed by atoms with Gasteiger partial charge in [-0.05, 0) is 26.7 Å². The summed E-state index contributed by atoms with van der Waals surface area (Å²) in [7, 11) is 0. The van der Waals surface area contributed by atoms with E-state index in [1.165, 1.54) is 19.3 Å². The van der Waals surface area contributed by atoms with Crippen molar-refractivity contribution < 1.29 is 4.42 Å². The molecule has 0 radical (unpaired) electrons. The third-order valence-corrected chi connectivity index (χ3v) is 4.07. The summed E-state index contributed by atoms with van der Waals surface area (Å²) in [5.74, 6) is 1.65. The molecular weight excluding hydrogens is 254 g/mol. The highest BCUT2D eigenvalue weighted by atomic mass is 16.4. The van der Waals surface area contributed by atoms with E-state index in [0.29, 0.717) is 17.5 Å². The van der Waals surface area contributed by atoms with Crippen molar-refractivity contribution in [2.45, 2.75) is 58.4 Å². The van der Waals surface area contributed by atoms with Gasteiger partial charge in [-0.2, -0.15) is 5.10 Å². The summed E-state index contributed by atoms with van der Waals surface area (Å²) in [4.78, 5) is 0. The van der Waals surface area contributed by atoms with Crippen LogP contribution in [0.25, 0.3) is 11.6 Å². The first-order chi connectivity index (χ1) is 9.70. The van der Waals surface area contributed by atoms with Crippen LogP contribution >= 0.6 is 0 Å². The summed E-state index contributed by atoms with van der Waals surface area (Å²) in [5, 5.41) is 12.8. The average Bonchev–Trinajstić information content (AvgIpc) is 3.06. The van der Waals surface area contributed by atoms with Gasteiger partial charge < -0.3 is 10.2 Å². The van der Waals surface area contributed by atoms with Gasteiger partial charge in [0.25, 0.3) is 5.89 Å². The Kier molecular flexibility index (Phi) is 3.46. The van der Waals surface area contributed by atoms with E-state index in [1.54, 1.807) is 0 Å². The third-order valence-electron chi connectivity index (χ3n) is 4.07. The highest BCUT2D eigenvalue weighted by Crippen LogP contribution is 2.34. The second-order valence-electron chi connectivity index (χ2n) is 5.44. The molecule has 6 heteroatoms. The van der Waals surface area contributed by atoms with Gasteiger partial charge in [-0.15, -0.1) is 10.2 Å². The summed E-state index contributed by atoms with van der Waals surface area (Å²) in [5.41, 5.74) is 8.27. The first-order valence-electron chi connectivity index (χ1n) is 7.37. The molecule has 0 spiro atoms. The SMILES string of the molecule is CCn1nc(C)c(N)c1-c1nnc(C2CCCCC2)o1. The Morgan fingerprint density at radius 2 is 2.00 bits per heavy atom. The van der Waals surface area contributed by atoms with Crippen molar-refractivity contribution in [3.63, 3.8) is 0 Å². The standard InChI is InChI=1S/C14H21N5O/c1-3-19-12(11(15)9(2)18-19)14-17-16-13(20-14)10-7-5-4-6-8-10/h10H,3-8,15H2,1-2H3. The molecule has 2 N–H and O–H groups in total. The van der Waals surface area contributed by atoms with E-state index in [-0.39, 0.29) is 0 Å². The number of aromatic nitrogens is 4. The molecule has 1 fully saturated rings. The lowest BCUT2D eigenvalue weighted by Crippen LogP contribution is -2.04. The van der Waals surface area contributed by atoms with Crippen molar-refractivity contribution in [1.29, 1.82) is 0 Å². The zero-order valence-electron chi connectivity index (χ0n) is 12.1. The normalized spacial score (nSPS) is 16.7. The van der Waals surface area contributed by atoms with E-state index in [2.05, 4.69) is 15.3 Å². The molecule has 0 aromatic carbocycles. The van der Waals surface area contributed by atoms with Crippen LogP contribution in [-0.4, -0.2) is 20.0 Å². The maximum atomic E-state index is 6.09. The van der Waals surface area contributed by atoms with Gasteiger partial charge in [-0.1, -0.05) is 19.3 Å². The van der Waals surface area contributed by atoms with Gasteiger partial charge in [0.15, 0.2) is 0 Å². The fraction of sp³-hybridized carbons (Fsp3) is 0.643. The van der Waals surface area contributed by atoms with E-state index in [4.69, 9.17) is 10.2 Å². The van der Waals surface area contributed by atoms with Crippen LogP contribution in [0.3, 0.4) is 0 Å². The number of nitrogens with two attached hydrogens (primary N) is 1. The number of hydrogen-bond acceptors (Lipinski definition) is 5. The minimum absolute atomic E-state index is 0.408. The summed E-state index contributed by atoms with van der Waals surface area (Å²) >= 11 is 0. The summed E-state index contributed by atoms with van der Waals surface area (Å²) in [6.45, 7) is 4.64. The molecule has 1 aliphatic rings. The fourth-order valence-electron chi connectivity index (χ4n) is 2.89. The van der Waals surface area contributed by atoms with Crippen LogP contribution in [0.4, 0.5) is 5.69 Å². The van der Waals surface area contributed by atoms with E-state index in [0.717, 1.165) is 36.7 Å². The van der Waals surface area contributed by atoms with Crippen LogP contribution < -0.4 is 5.73 Å². The minimum Gasteiger partial charge on any atom is -0.419 e. The summed E-state index contributed by atoms with van der Waals surface area (Å²) in [6, 6.07) is 0. The molecule has 0 saturated heterocycles. The highest BCUT2D eigenvalue weighted by Gasteiger charge is 2.24. The molecule has 2 heterocycles. The number of nitrogen functional groups attached to an aromatic ring is 1. The van der Waals surface area contributed by atoms with Crippen LogP contribution in [0, 0.1) is 6.92 Å². The van der Waals surface area contributed by atoms with E-state index >= 15 is 0 Å². The number of rotatable bonds is 3. The topological polar surface area (TPSA) is 82.8 Å². The Bertz CT molecular complexity index is 595. The van der Waals surface area contributed by atoms with Crippen LogP contribution in [0.5, 0.6) is 0 Å². The van der Waals surface area contributed by atoms with Crippen LogP contribution in [0.1, 0.15) is 56.5 Å². The van der Waals surface area contributed by atoms with Gasteiger partial charge in [0.05, 0.1) is 11.4 Å². The van der Waals surface area contributed by atoms with Gasteiger partial charge in [0.2, 0.25) is 5.89 Å². The quantitative estimate of drug-likeness (QED) is 0.931. The highest BCUT2D eigenvalue weighted by molar-refractivity contribution is 5.68. The monoisotopic (exact) mass is 275 g/mol. The second kappa shape index (κ2) is 5.26. The molecule has 2 aromatic rings.